The zero-order valence-corrected chi connectivity index (χ0v) is 13.3. The van der Waals surface area contributed by atoms with E-state index in [1.54, 1.807) is 12.1 Å². The summed E-state index contributed by atoms with van der Waals surface area (Å²) in [5.74, 6) is -0.399. The molecule has 2 heterocycles. The molecule has 1 aromatic heterocycles. The third-order valence-electron chi connectivity index (χ3n) is 3.89. The van der Waals surface area contributed by atoms with Crippen LogP contribution >= 0.6 is 0 Å². The first kappa shape index (κ1) is 15.3. The lowest BCUT2D eigenvalue weighted by Gasteiger charge is -2.28. The minimum Gasteiger partial charge on any atom is -0.379 e. The van der Waals surface area contributed by atoms with Crippen LogP contribution in [-0.2, 0) is 13.6 Å². The van der Waals surface area contributed by atoms with Crippen molar-refractivity contribution in [2.45, 2.75) is 19.9 Å². The van der Waals surface area contributed by atoms with Crippen LogP contribution in [0.25, 0.3) is 0 Å². The summed E-state index contributed by atoms with van der Waals surface area (Å²) in [7, 11) is 1.89. The third kappa shape index (κ3) is 3.28. The van der Waals surface area contributed by atoms with E-state index >= 15 is 0 Å². The van der Waals surface area contributed by atoms with Crippen molar-refractivity contribution in [1.29, 1.82) is 0 Å². The number of hydrogen-bond acceptors (Lipinski definition) is 3. The van der Waals surface area contributed by atoms with Gasteiger partial charge in [0.1, 0.15) is 5.82 Å². The summed E-state index contributed by atoms with van der Waals surface area (Å²) < 4.78 is 15.9. The SMILES string of the molecule is Cc1cc(CNc2ccc(F)c(N3CCCNC3=O)c2)n(C)n1. The molecule has 0 bridgehead atoms. The van der Waals surface area contributed by atoms with Gasteiger partial charge in [0.2, 0.25) is 0 Å². The monoisotopic (exact) mass is 317 g/mol. The average molecular weight is 317 g/mol. The fourth-order valence-electron chi connectivity index (χ4n) is 2.71. The van der Waals surface area contributed by atoms with Crippen LogP contribution in [0.2, 0.25) is 0 Å². The Bertz CT molecular complexity index is 727. The minimum absolute atomic E-state index is 0.255. The van der Waals surface area contributed by atoms with E-state index in [-0.39, 0.29) is 6.03 Å². The maximum Gasteiger partial charge on any atom is 0.321 e. The van der Waals surface area contributed by atoms with E-state index in [0.717, 1.165) is 23.5 Å². The highest BCUT2D eigenvalue weighted by Crippen LogP contribution is 2.25. The summed E-state index contributed by atoms with van der Waals surface area (Å²) in [4.78, 5) is 13.3. The molecule has 2 amide bonds. The Morgan fingerprint density at radius 1 is 1.39 bits per heavy atom. The van der Waals surface area contributed by atoms with Crippen LogP contribution in [0.5, 0.6) is 0 Å². The maximum atomic E-state index is 14.1. The van der Waals surface area contributed by atoms with E-state index in [1.165, 1.54) is 11.0 Å². The van der Waals surface area contributed by atoms with Gasteiger partial charge < -0.3 is 10.6 Å². The van der Waals surface area contributed by atoms with Crippen LogP contribution in [0.4, 0.5) is 20.6 Å². The normalized spacial score (nSPS) is 14.7. The molecule has 3 rings (SSSR count). The largest absolute Gasteiger partial charge is 0.379 e. The Morgan fingerprint density at radius 2 is 2.22 bits per heavy atom. The molecule has 1 aliphatic heterocycles. The second-order valence-corrected chi connectivity index (χ2v) is 5.66. The van der Waals surface area contributed by atoms with Gasteiger partial charge in [0.05, 0.1) is 23.6 Å². The van der Waals surface area contributed by atoms with Crippen LogP contribution < -0.4 is 15.5 Å². The third-order valence-corrected chi connectivity index (χ3v) is 3.89. The van der Waals surface area contributed by atoms with Gasteiger partial charge in [-0.2, -0.15) is 5.10 Å². The van der Waals surface area contributed by atoms with Crippen molar-refractivity contribution in [2.75, 3.05) is 23.3 Å². The molecule has 1 fully saturated rings. The topological polar surface area (TPSA) is 62.2 Å². The van der Waals surface area contributed by atoms with E-state index in [4.69, 9.17) is 0 Å². The number of urea groups is 1. The van der Waals surface area contributed by atoms with Crippen molar-refractivity contribution >= 4 is 17.4 Å². The van der Waals surface area contributed by atoms with Gasteiger partial charge in [0.15, 0.2) is 0 Å². The van der Waals surface area contributed by atoms with Crippen LogP contribution in [0.1, 0.15) is 17.8 Å². The lowest BCUT2D eigenvalue weighted by Crippen LogP contribution is -2.46. The highest BCUT2D eigenvalue weighted by atomic mass is 19.1. The highest BCUT2D eigenvalue weighted by molar-refractivity contribution is 5.93. The molecule has 0 aliphatic carbocycles. The predicted octanol–water partition coefficient (Wildman–Crippen LogP) is 2.40. The smallest absolute Gasteiger partial charge is 0.321 e. The second kappa shape index (κ2) is 6.28. The Kier molecular flexibility index (Phi) is 4.18. The van der Waals surface area contributed by atoms with Crippen molar-refractivity contribution in [2.24, 2.45) is 7.05 Å². The van der Waals surface area contributed by atoms with E-state index in [1.807, 2.05) is 24.7 Å². The Balaban J connectivity index is 1.77. The highest BCUT2D eigenvalue weighted by Gasteiger charge is 2.22. The lowest BCUT2D eigenvalue weighted by atomic mass is 10.2. The molecule has 1 aromatic carbocycles. The molecule has 0 spiro atoms. The molecule has 0 saturated carbocycles. The molecule has 7 heteroatoms. The summed E-state index contributed by atoms with van der Waals surface area (Å²) in [5, 5.41) is 10.3. The van der Waals surface area contributed by atoms with Gasteiger partial charge in [0.25, 0.3) is 0 Å². The van der Waals surface area contributed by atoms with Gasteiger partial charge in [-0.3, -0.25) is 9.58 Å². The molecule has 1 aliphatic rings. The summed E-state index contributed by atoms with van der Waals surface area (Å²) in [6.07, 6.45) is 0.803. The predicted molar refractivity (Wildman–Crippen MR) is 87.0 cm³/mol. The van der Waals surface area contributed by atoms with Gasteiger partial charge in [0, 0.05) is 25.8 Å². The van der Waals surface area contributed by atoms with Crippen molar-refractivity contribution in [3.8, 4) is 0 Å². The Hall–Kier alpha value is -2.57. The van der Waals surface area contributed by atoms with E-state index < -0.39 is 5.82 Å². The number of anilines is 2. The van der Waals surface area contributed by atoms with Crippen molar-refractivity contribution in [1.82, 2.24) is 15.1 Å². The number of benzene rings is 1. The number of amides is 2. The second-order valence-electron chi connectivity index (χ2n) is 5.66. The number of aromatic nitrogens is 2. The van der Waals surface area contributed by atoms with Gasteiger partial charge in [-0.25, -0.2) is 9.18 Å². The number of nitrogens with zero attached hydrogens (tertiary/aromatic N) is 3. The molecular weight excluding hydrogens is 297 g/mol. The summed E-state index contributed by atoms with van der Waals surface area (Å²) in [6.45, 7) is 3.67. The molecule has 0 unspecified atom stereocenters. The van der Waals surface area contributed by atoms with Crippen LogP contribution in [0.3, 0.4) is 0 Å². The van der Waals surface area contributed by atoms with Crippen LogP contribution in [-0.4, -0.2) is 28.9 Å². The Labute approximate surface area is 134 Å². The number of aryl methyl sites for hydroxylation is 2. The number of hydrogen-bond donors (Lipinski definition) is 2. The van der Waals surface area contributed by atoms with E-state index in [9.17, 15) is 9.18 Å². The van der Waals surface area contributed by atoms with E-state index in [0.29, 0.717) is 25.3 Å². The first-order valence-corrected chi connectivity index (χ1v) is 7.63. The zero-order valence-electron chi connectivity index (χ0n) is 13.3. The fraction of sp³-hybridized carbons (Fsp3) is 0.375. The number of halogens is 1. The molecule has 2 aromatic rings. The van der Waals surface area contributed by atoms with Gasteiger partial charge >= 0.3 is 6.03 Å². The van der Waals surface area contributed by atoms with Crippen molar-refractivity contribution in [3.05, 3.63) is 41.5 Å². The lowest BCUT2D eigenvalue weighted by molar-refractivity contribution is 0.242. The average Bonchev–Trinajstić information content (AvgIpc) is 2.85. The summed E-state index contributed by atoms with van der Waals surface area (Å²) in [6, 6.07) is 6.46. The maximum absolute atomic E-state index is 14.1. The fourth-order valence-corrected chi connectivity index (χ4v) is 2.71. The quantitative estimate of drug-likeness (QED) is 0.910. The standard InChI is InChI=1S/C16H20FN5O/c1-11-8-13(21(2)20-11)10-19-12-4-5-14(17)15(9-12)22-7-3-6-18-16(22)23/h4-5,8-9,19H,3,6-7,10H2,1-2H3,(H,18,23). The van der Waals surface area contributed by atoms with Crippen LogP contribution in [0.15, 0.2) is 24.3 Å². The number of rotatable bonds is 4. The molecule has 1 saturated heterocycles. The van der Waals surface area contributed by atoms with E-state index in [2.05, 4.69) is 15.7 Å². The number of nitrogens with one attached hydrogen (secondary N) is 2. The molecular formula is C16H20FN5O. The van der Waals surface area contributed by atoms with Gasteiger partial charge in [-0.05, 0) is 37.6 Å². The number of carbonyl (C=O) groups excluding carboxylic acids is 1. The van der Waals surface area contributed by atoms with Crippen molar-refractivity contribution < 1.29 is 9.18 Å². The summed E-state index contributed by atoms with van der Waals surface area (Å²) in [5.41, 5.74) is 3.05. The molecule has 0 atom stereocenters. The van der Waals surface area contributed by atoms with Gasteiger partial charge in [-0.1, -0.05) is 0 Å². The first-order valence-electron chi connectivity index (χ1n) is 7.63. The van der Waals surface area contributed by atoms with Gasteiger partial charge in [-0.15, -0.1) is 0 Å². The molecule has 23 heavy (non-hydrogen) atoms. The van der Waals surface area contributed by atoms with Crippen LogP contribution in [0, 0.1) is 12.7 Å². The molecule has 0 radical (unpaired) electrons. The zero-order chi connectivity index (χ0) is 16.4. The van der Waals surface area contributed by atoms with Crippen molar-refractivity contribution in [3.63, 3.8) is 0 Å². The molecule has 122 valence electrons. The first-order chi connectivity index (χ1) is 11.0. The molecule has 6 nitrogen and oxygen atoms in total. The Morgan fingerprint density at radius 3 is 2.91 bits per heavy atom. The number of carbonyl (C=O) groups is 1. The summed E-state index contributed by atoms with van der Waals surface area (Å²) >= 11 is 0. The molecule has 2 N–H and O–H groups in total. The minimum atomic E-state index is -0.399.